The van der Waals surface area contributed by atoms with Crippen LogP contribution in [-0.2, 0) is 11.0 Å². The molecule has 1 aromatic heterocycles. The molecule has 4 rings (SSSR count). The first-order valence-corrected chi connectivity index (χ1v) is 14.0. The van der Waals surface area contributed by atoms with Crippen molar-refractivity contribution < 1.29 is 31.5 Å². The van der Waals surface area contributed by atoms with Crippen LogP contribution in [0.5, 0.6) is 0 Å². The lowest BCUT2D eigenvalue weighted by Gasteiger charge is -2.35. The van der Waals surface area contributed by atoms with Crippen LogP contribution in [0.1, 0.15) is 54.4 Å². The van der Waals surface area contributed by atoms with Crippen LogP contribution in [0.4, 0.5) is 39.4 Å². The number of anilines is 3. The topological polar surface area (TPSA) is 102 Å². The molecule has 0 spiro atoms. The Bertz CT molecular complexity index is 1220. The summed E-state index contributed by atoms with van der Waals surface area (Å²) in [6, 6.07) is 5.92. The monoisotopic (exact) mass is 597 g/mol. The first-order valence-electron chi connectivity index (χ1n) is 14.0. The van der Waals surface area contributed by atoms with E-state index in [9.17, 15) is 31.5 Å². The molecule has 42 heavy (non-hydrogen) atoms. The van der Waals surface area contributed by atoms with Gasteiger partial charge in [-0.3, -0.25) is 9.59 Å². The SMILES string of the molecule is CN1CCC(N(C)C(=O)c2ccc(Nc3ncc(C(F)(F)F)c(N[C@@H]4CCCC[C@@H]4C(=O)NCC(F)F)n3)cc2)CC1. The summed E-state index contributed by atoms with van der Waals surface area (Å²) in [4.78, 5) is 37.4. The second-order valence-electron chi connectivity index (χ2n) is 10.9. The molecule has 3 N–H and O–H groups in total. The Hall–Kier alpha value is -3.55. The van der Waals surface area contributed by atoms with Gasteiger partial charge < -0.3 is 25.8 Å². The fourth-order valence-electron chi connectivity index (χ4n) is 5.44. The van der Waals surface area contributed by atoms with Gasteiger partial charge in [0.15, 0.2) is 0 Å². The molecular formula is C28H36F5N7O2. The van der Waals surface area contributed by atoms with E-state index in [2.05, 4.69) is 37.9 Å². The number of aromatic nitrogens is 2. The molecule has 2 fully saturated rings. The molecule has 1 saturated carbocycles. The number of alkyl halides is 5. The molecule has 2 amide bonds. The van der Waals surface area contributed by atoms with E-state index in [4.69, 9.17) is 0 Å². The Morgan fingerprint density at radius 2 is 1.74 bits per heavy atom. The Kier molecular flexibility index (Phi) is 10.2. The molecule has 1 saturated heterocycles. The van der Waals surface area contributed by atoms with Crippen LogP contribution in [0, 0.1) is 5.92 Å². The van der Waals surface area contributed by atoms with Gasteiger partial charge in [0.1, 0.15) is 11.4 Å². The van der Waals surface area contributed by atoms with Crippen LogP contribution >= 0.6 is 0 Å². The summed E-state index contributed by atoms with van der Waals surface area (Å²) in [7, 11) is 3.84. The fourth-order valence-corrected chi connectivity index (χ4v) is 5.44. The van der Waals surface area contributed by atoms with Crippen molar-refractivity contribution in [3.63, 3.8) is 0 Å². The molecule has 0 bridgehead atoms. The van der Waals surface area contributed by atoms with E-state index in [1.54, 1.807) is 36.2 Å². The summed E-state index contributed by atoms with van der Waals surface area (Å²) >= 11 is 0. The van der Waals surface area contributed by atoms with Gasteiger partial charge in [0, 0.05) is 36.6 Å². The van der Waals surface area contributed by atoms with Crippen molar-refractivity contribution in [1.82, 2.24) is 25.1 Å². The Balaban J connectivity index is 1.47. The standard InChI is InChI=1S/C28H36F5N7O2/c1-39-13-11-19(12-14-39)40(2)26(42)17-7-9-18(10-8-17)36-27-35-15-21(28(31,32)33)24(38-27)37-22-6-4-3-5-20(22)25(41)34-16-23(29)30/h7-10,15,19-20,22-23H,3-6,11-14,16H2,1-2H3,(H,34,41)(H2,35,36,37,38)/t20-,22+/m0/s1. The highest BCUT2D eigenvalue weighted by molar-refractivity contribution is 5.94. The molecule has 1 aliphatic heterocycles. The molecule has 14 heteroatoms. The van der Waals surface area contributed by atoms with Gasteiger partial charge in [0.2, 0.25) is 11.9 Å². The maximum Gasteiger partial charge on any atom is 0.421 e. The summed E-state index contributed by atoms with van der Waals surface area (Å²) in [5.41, 5.74) is -0.171. The van der Waals surface area contributed by atoms with Gasteiger partial charge in [-0.2, -0.15) is 18.2 Å². The minimum atomic E-state index is -4.77. The highest BCUT2D eigenvalue weighted by atomic mass is 19.4. The predicted molar refractivity (Wildman–Crippen MR) is 148 cm³/mol. The third kappa shape index (κ3) is 8.05. The third-order valence-corrected chi connectivity index (χ3v) is 7.89. The van der Waals surface area contributed by atoms with Gasteiger partial charge in [0.25, 0.3) is 12.3 Å². The van der Waals surface area contributed by atoms with Crippen molar-refractivity contribution in [2.75, 3.05) is 44.4 Å². The van der Waals surface area contributed by atoms with Gasteiger partial charge in [-0.1, -0.05) is 12.8 Å². The largest absolute Gasteiger partial charge is 0.421 e. The zero-order chi connectivity index (χ0) is 30.4. The molecule has 0 radical (unpaired) electrons. The maximum atomic E-state index is 13.8. The first kappa shape index (κ1) is 31.4. The van der Waals surface area contributed by atoms with Crippen molar-refractivity contribution in [3.05, 3.63) is 41.6 Å². The lowest BCUT2D eigenvalue weighted by atomic mass is 9.83. The number of carbonyl (C=O) groups excluding carboxylic acids is 2. The number of halogens is 5. The van der Waals surface area contributed by atoms with Crippen molar-refractivity contribution >= 4 is 29.3 Å². The van der Waals surface area contributed by atoms with E-state index in [1.165, 1.54) is 0 Å². The smallest absolute Gasteiger partial charge is 0.366 e. The molecule has 230 valence electrons. The van der Waals surface area contributed by atoms with Crippen molar-refractivity contribution in [2.45, 2.75) is 63.2 Å². The van der Waals surface area contributed by atoms with Crippen molar-refractivity contribution in [2.24, 2.45) is 5.92 Å². The summed E-state index contributed by atoms with van der Waals surface area (Å²) < 4.78 is 66.7. The second kappa shape index (κ2) is 13.6. The van der Waals surface area contributed by atoms with Gasteiger partial charge in [-0.15, -0.1) is 0 Å². The van der Waals surface area contributed by atoms with E-state index in [0.717, 1.165) is 25.9 Å². The second-order valence-corrected chi connectivity index (χ2v) is 10.9. The lowest BCUT2D eigenvalue weighted by molar-refractivity contribution is -0.137. The molecule has 2 heterocycles. The number of nitrogens with one attached hydrogen (secondary N) is 3. The molecule has 2 atom stereocenters. The third-order valence-electron chi connectivity index (χ3n) is 7.89. The molecule has 1 aliphatic carbocycles. The Labute approximate surface area is 241 Å². The zero-order valence-electron chi connectivity index (χ0n) is 23.6. The highest BCUT2D eigenvalue weighted by Gasteiger charge is 2.38. The van der Waals surface area contributed by atoms with Crippen molar-refractivity contribution in [1.29, 1.82) is 0 Å². The summed E-state index contributed by atoms with van der Waals surface area (Å²) in [6.07, 6.45) is -3.04. The number of rotatable bonds is 9. The number of amides is 2. The first-order chi connectivity index (χ1) is 19.9. The molecule has 1 aromatic carbocycles. The molecule has 9 nitrogen and oxygen atoms in total. The minimum Gasteiger partial charge on any atom is -0.366 e. The van der Waals surface area contributed by atoms with Crippen LogP contribution < -0.4 is 16.0 Å². The molecule has 2 aromatic rings. The average Bonchev–Trinajstić information content (AvgIpc) is 2.96. The van der Waals surface area contributed by atoms with Crippen LogP contribution in [0.15, 0.2) is 30.5 Å². The summed E-state index contributed by atoms with van der Waals surface area (Å²) in [5, 5.41) is 7.80. The number of carbonyl (C=O) groups is 2. The van der Waals surface area contributed by atoms with Crippen LogP contribution in [0.25, 0.3) is 0 Å². The van der Waals surface area contributed by atoms with E-state index in [-0.39, 0.29) is 17.9 Å². The van der Waals surface area contributed by atoms with E-state index in [1.807, 2.05) is 0 Å². The van der Waals surface area contributed by atoms with E-state index < -0.39 is 48.4 Å². The van der Waals surface area contributed by atoms with Gasteiger partial charge in [-0.05, 0) is 70.1 Å². The highest BCUT2D eigenvalue weighted by Crippen LogP contribution is 2.36. The van der Waals surface area contributed by atoms with Crippen LogP contribution in [0.3, 0.4) is 0 Å². The summed E-state index contributed by atoms with van der Waals surface area (Å²) in [6.45, 7) is 1.02. The quantitative estimate of drug-likeness (QED) is 0.359. The van der Waals surface area contributed by atoms with Crippen LogP contribution in [0.2, 0.25) is 0 Å². The normalized spacial score (nSPS) is 20.3. The Morgan fingerprint density at radius 3 is 2.38 bits per heavy atom. The molecule has 2 aliphatic rings. The van der Waals surface area contributed by atoms with Crippen molar-refractivity contribution in [3.8, 4) is 0 Å². The van der Waals surface area contributed by atoms with E-state index >= 15 is 0 Å². The number of piperidine rings is 1. The van der Waals surface area contributed by atoms with Gasteiger partial charge >= 0.3 is 6.18 Å². The summed E-state index contributed by atoms with van der Waals surface area (Å²) in [5.74, 6) is -2.17. The van der Waals surface area contributed by atoms with Gasteiger partial charge in [0.05, 0.1) is 12.5 Å². The molecule has 0 unspecified atom stereocenters. The number of hydrogen-bond donors (Lipinski definition) is 3. The van der Waals surface area contributed by atoms with E-state index in [0.29, 0.717) is 43.1 Å². The van der Waals surface area contributed by atoms with Gasteiger partial charge in [-0.25, -0.2) is 13.8 Å². The van der Waals surface area contributed by atoms with Crippen LogP contribution in [-0.4, -0.2) is 83.8 Å². The predicted octanol–water partition coefficient (Wildman–Crippen LogP) is 4.76. The maximum absolute atomic E-state index is 13.8. The zero-order valence-corrected chi connectivity index (χ0v) is 23.6. The fraction of sp³-hybridized carbons (Fsp3) is 0.571. The molecular weight excluding hydrogens is 561 g/mol. The number of benzene rings is 1. The lowest BCUT2D eigenvalue weighted by Crippen LogP contribution is -2.44. The number of nitrogens with zero attached hydrogens (tertiary/aromatic N) is 4. The minimum absolute atomic E-state index is 0.118. The average molecular weight is 598 g/mol. The Morgan fingerprint density at radius 1 is 1.07 bits per heavy atom. The number of likely N-dealkylation sites (tertiary alicyclic amines) is 1. The number of hydrogen-bond acceptors (Lipinski definition) is 7.